The topological polar surface area (TPSA) is 94.2 Å². The molecule has 0 saturated heterocycles. The van der Waals surface area contributed by atoms with Gasteiger partial charge >= 0.3 is 5.69 Å². The molecule has 1 aliphatic rings. The Morgan fingerprint density at radius 3 is 2.73 bits per heavy atom. The van der Waals surface area contributed by atoms with Gasteiger partial charge in [-0.3, -0.25) is 24.6 Å². The molecular formula is C18H15N5O3. The number of fused-ring (bicyclic) bond motifs is 1. The maximum atomic E-state index is 12.7. The molecule has 0 radical (unpaired) electrons. The largest absolute Gasteiger partial charge is 0.314 e. The predicted molar refractivity (Wildman–Crippen MR) is 94.6 cm³/mol. The zero-order valence-corrected chi connectivity index (χ0v) is 13.8. The van der Waals surface area contributed by atoms with Gasteiger partial charge in [0.05, 0.1) is 4.92 Å². The molecule has 1 aromatic carbocycles. The standard InChI is InChI=1S/C18H15N5O3/c24-17(22-10-7-13-3-1-2-4-15(13)22)12-21-11-16(23(25)26)18(20-21)14-5-8-19-9-6-14/h1-6,8-9,11H,7,10,12H2. The summed E-state index contributed by atoms with van der Waals surface area (Å²) in [6.45, 7) is 0.555. The Morgan fingerprint density at radius 1 is 1.19 bits per heavy atom. The van der Waals surface area contributed by atoms with Crippen molar-refractivity contribution in [2.45, 2.75) is 13.0 Å². The van der Waals surface area contributed by atoms with E-state index in [1.165, 1.54) is 10.9 Å². The molecule has 1 aliphatic heterocycles. The van der Waals surface area contributed by atoms with Crippen molar-refractivity contribution in [3.8, 4) is 11.3 Å². The number of nitro groups is 1. The van der Waals surface area contributed by atoms with Crippen molar-refractivity contribution in [3.05, 3.63) is 70.7 Å². The molecule has 0 unspecified atom stereocenters. The number of pyridine rings is 1. The van der Waals surface area contributed by atoms with E-state index in [1.807, 2.05) is 24.3 Å². The first-order valence-electron chi connectivity index (χ1n) is 8.14. The minimum atomic E-state index is -0.491. The van der Waals surface area contributed by atoms with Crippen LogP contribution in [0.2, 0.25) is 0 Å². The SMILES string of the molecule is O=C(Cn1cc([N+](=O)[O-])c(-c2ccncc2)n1)N1CCc2ccccc21. The molecule has 0 spiro atoms. The predicted octanol–water partition coefficient (Wildman–Crippen LogP) is 2.44. The average Bonchev–Trinajstić information content (AvgIpc) is 3.26. The van der Waals surface area contributed by atoms with E-state index in [0.29, 0.717) is 12.1 Å². The Morgan fingerprint density at radius 2 is 1.96 bits per heavy atom. The van der Waals surface area contributed by atoms with Crippen LogP contribution in [0.4, 0.5) is 11.4 Å². The lowest BCUT2D eigenvalue weighted by Gasteiger charge is -2.17. The van der Waals surface area contributed by atoms with Gasteiger partial charge in [0.15, 0.2) is 5.69 Å². The molecule has 0 bridgehead atoms. The second-order valence-electron chi connectivity index (χ2n) is 5.98. The van der Waals surface area contributed by atoms with Crippen LogP contribution >= 0.6 is 0 Å². The summed E-state index contributed by atoms with van der Waals surface area (Å²) < 4.78 is 1.33. The zero-order valence-electron chi connectivity index (χ0n) is 13.8. The molecule has 3 aromatic rings. The molecule has 0 fully saturated rings. The Kier molecular flexibility index (Phi) is 3.92. The van der Waals surface area contributed by atoms with Crippen LogP contribution in [0.25, 0.3) is 11.3 Å². The third-order valence-electron chi connectivity index (χ3n) is 4.38. The van der Waals surface area contributed by atoms with Gasteiger partial charge in [-0.2, -0.15) is 5.10 Å². The third-order valence-corrected chi connectivity index (χ3v) is 4.38. The van der Waals surface area contributed by atoms with Crippen LogP contribution in [-0.4, -0.2) is 32.1 Å². The highest BCUT2D eigenvalue weighted by Gasteiger charge is 2.26. The van der Waals surface area contributed by atoms with E-state index in [2.05, 4.69) is 10.1 Å². The van der Waals surface area contributed by atoms with Gasteiger partial charge in [0, 0.05) is 30.2 Å². The number of hydrogen-bond acceptors (Lipinski definition) is 5. The van der Waals surface area contributed by atoms with Crippen LogP contribution in [0.15, 0.2) is 55.0 Å². The molecule has 8 nitrogen and oxygen atoms in total. The van der Waals surface area contributed by atoms with Crippen molar-refractivity contribution in [2.24, 2.45) is 0 Å². The molecule has 0 aliphatic carbocycles. The summed E-state index contributed by atoms with van der Waals surface area (Å²) in [4.78, 5) is 29.2. The fourth-order valence-electron chi connectivity index (χ4n) is 3.16. The van der Waals surface area contributed by atoms with Crippen molar-refractivity contribution in [3.63, 3.8) is 0 Å². The molecule has 0 N–H and O–H groups in total. The van der Waals surface area contributed by atoms with Gasteiger partial charge in [0.25, 0.3) is 0 Å². The van der Waals surface area contributed by atoms with E-state index in [9.17, 15) is 14.9 Å². The van der Waals surface area contributed by atoms with Crippen molar-refractivity contribution < 1.29 is 9.72 Å². The van der Waals surface area contributed by atoms with E-state index in [0.717, 1.165) is 17.7 Å². The average molecular weight is 349 g/mol. The van der Waals surface area contributed by atoms with Crippen LogP contribution in [0.1, 0.15) is 5.56 Å². The molecular weight excluding hydrogens is 334 g/mol. The van der Waals surface area contributed by atoms with E-state index < -0.39 is 4.92 Å². The Balaban J connectivity index is 1.61. The fraction of sp³-hybridized carbons (Fsp3) is 0.167. The summed E-state index contributed by atoms with van der Waals surface area (Å²) in [6.07, 6.45) is 5.20. The minimum absolute atomic E-state index is 0.0553. The first-order chi connectivity index (χ1) is 12.6. The summed E-state index contributed by atoms with van der Waals surface area (Å²) in [5.74, 6) is -0.145. The molecule has 0 atom stereocenters. The maximum absolute atomic E-state index is 12.7. The first-order valence-corrected chi connectivity index (χ1v) is 8.14. The summed E-state index contributed by atoms with van der Waals surface area (Å²) >= 11 is 0. The van der Waals surface area contributed by atoms with Crippen LogP contribution in [-0.2, 0) is 17.8 Å². The van der Waals surface area contributed by atoms with Crippen LogP contribution < -0.4 is 4.90 Å². The van der Waals surface area contributed by atoms with Crippen LogP contribution in [0.5, 0.6) is 0 Å². The van der Waals surface area contributed by atoms with Gasteiger partial charge in [-0.05, 0) is 30.2 Å². The van der Waals surface area contributed by atoms with Gasteiger partial charge in [0.1, 0.15) is 12.7 Å². The number of anilines is 1. The lowest BCUT2D eigenvalue weighted by Crippen LogP contribution is -2.32. The highest BCUT2D eigenvalue weighted by Crippen LogP contribution is 2.29. The van der Waals surface area contributed by atoms with Crippen molar-refractivity contribution in [1.29, 1.82) is 0 Å². The molecule has 4 rings (SSSR count). The third kappa shape index (κ3) is 2.81. The lowest BCUT2D eigenvalue weighted by atomic mass is 10.2. The van der Waals surface area contributed by atoms with Gasteiger partial charge in [-0.1, -0.05) is 18.2 Å². The number of carbonyl (C=O) groups excluding carboxylic acids is 1. The second kappa shape index (κ2) is 6.40. The molecule has 26 heavy (non-hydrogen) atoms. The zero-order chi connectivity index (χ0) is 18.1. The van der Waals surface area contributed by atoms with Crippen LogP contribution in [0, 0.1) is 10.1 Å². The Bertz CT molecular complexity index is 984. The first kappa shape index (κ1) is 15.9. The Hall–Kier alpha value is -3.55. The number of aromatic nitrogens is 3. The number of amides is 1. The van der Waals surface area contributed by atoms with Crippen molar-refractivity contribution in [2.75, 3.05) is 11.4 Å². The number of para-hydroxylation sites is 1. The fourth-order valence-corrected chi connectivity index (χ4v) is 3.16. The van der Waals surface area contributed by atoms with E-state index in [4.69, 9.17) is 0 Å². The van der Waals surface area contributed by atoms with Gasteiger partial charge < -0.3 is 4.90 Å². The molecule has 0 saturated carbocycles. The number of nitrogens with zero attached hydrogens (tertiary/aromatic N) is 5. The van der Waals surface area contributed by atoms with Crippen LogP contribution in [0.3, 0.4) is 0 Å². The van der Waals surface area contributed by atoms with Gasteiger partial charge in [0.2, 0.25) is 5.91 Å². The number of rotatable bonds is 4. The molecule has 3 heterocycles. The smallest absolute Gasteiger partial charge is 0.310 e. The highest BCUT2D eigenvalue weighted by atomic mass is 16.6. The van der Waals surface area contributed by atoms with Gasteiger partial charge in [-0.15, -0.1) is 0 Å². The lowest BCUT2D eigenvalue weighted by molar-refractivity contribution is -0.384. The summed E-state index contributed by atoms with van der Waals surface area (Å²) in [6, 6.07) is 11.1. The quantitative estimate of drug-likeness (QED) is 0.533. The number of benzene rings is 1. The molecule has 2 aromatic heterocycles. The van der Waals surface area contributed by atoms with E-state index in [1.54, 1.807) is 29.4 Å². The molecule has 8 heteroatoms. The summed E-state index contributed by atoms with van der Waals surface area (Å²) in [5.41, 5.74) is 2.71. The Labute approximate surface area is 148 Å². The summed E-state index contributed by atoms with van der Waals surface area (Å²) in [7, 11) is 0. The van der Waals surface area contributed by atoms with Gasteiger partial charge in [-0.25, -0.2) is 0 Å². The minimum Gasteiger partial charge on any atom is -0.310 e. The molecule has 130 valence electrons. The molecule has 1 amide bonds. The van der Waals surface area contributed by atoms with E-state index >= 15 is 0 Å². The van der Waals surface area contributed by atoms with Crippen molar-refractivity contribution >= 4 is 17.3 Å². The van der Waals surface area contributed by atoms with Crippen molar-refractivity contribution in [1.82, 2.24) is 14.8 Å². The van der Waals surface area contributed by atoms with E-state index in [-0.39, 0.29) is 23.8 Å². The number of carbonyl (C=O) groups is 1. The second-order valence-corrected chi connectivity index (χ2v) is 5.98. The monoisotopic (exact) mass is 349 g/mol. The highest BCUT2D eigenvalue weighted by molar-refractivity contribution is 5.95. The summed E-state index contributed by atoms with van der Waals surface area (Å²) in [5, 5.41) is 15.6. The maximum Gasteiger partial charge on any atom is 0.314 e. The number of hydrogen-bond donors (Lipinski definition) is 0. The normalized spacial score (nSPS) is 12.8.